The number of rotatable bonds is 6. The Balaban J connectivity index is 1.38. The number of furan rings is 1. The maximum atomic E-state index is 13.3. The Hall–Kier alpha value is -4.12. The van der Waals surface area contributed by atoms with Gasteiger partial charge in [0.2, 0.25) is 16.1 Å². The van der Waals surface area contributed by atoms with Crippen LogP contribution >= 0.6 is 0 Å². The van der Waals surface area contributed by atoms with E-state index in [9.17, 15) is 8.42 Å². The van der Waals surface area contributed by atoms with Gasteiger partial charge in [-0.25, -0.2) is 18.4 Å². The highest BCUT2D eigenvalue weighted by Crippen LogP contribution is 2.33. The van der Waals surface area contributed by atoms with Crippen molar-refractivity contribution in [2.45, 2.75) is 16.1 Å². The first-order valence-electron chi connectivity index (χ1n) is 11.2. The minimum absolute atomic E-state index is 0.143. The van der Waals surface area contributed by atoms with Crippen LogP contribution in [-0.2, 0) is 19.3 Å². The maximum Gasteiger partial charge on any atom is 0.217 e. The Morgan fingerprint density at radius 2 is 1.64 bits per heavy atom. The van der Waals surface area contributed by atoms with Crippen molar-refractivity contribution in [3.8, 4) is 11.5 Å². The molecule has 2 aromatic carbocycles. The topological polar surface area (TPSA) is 116 Å². The summed E-state index contributed by atoms with van der Waals surface area (Å²) in [6, 6.07) is 20.4. The van der Waals surface area contributed by atoms with E-state index in [1.807, 2.05) is 0 Å². The molecule has 0 amide bonds. The third kappa shape index (κ3) is 4.11. The van der Waals surface area contributed by atoms with Crippen molar-refractivity contribution in [2.75, 3.05) is 18.5 Å². The average Bonchev–Trinajstić information content (AvgIpc) is 3.62. The number of nitrogens with zero attached hydrogens (tertiary/aromatic N) is 3. The SMILES string of the molecule is O=S(=O)(c1ccccc1)c1ccccc1Nc1ncnc2cnc(-c3ccc(C4OCCO4)o3)cc12. The summed E-state index contributed by atoms with van der Waals surface area (Å²) in [5, 5.41) is 3.84. The average molecular weight is 501 g/mol. The summed E-state index contributed by atoms with van der Waals surface area (Å²) in [6.07, 6.45) is 2.50. The molecule has 5 aromatic rings. The first-order valence-corrected chi connectivity index (χ1v) is 12.7. The largest absolute Gasteiger partial charge is 0.454 e. The molecule has 0 bridgehead atoms. The van der Waals surface area contributed by atoms with Crippen molar-refractivity contribution in [3.63, 3.8) is 0 Å². The van der Waals surface area contributed by atoms with E-state index in [4.69, 9.17) is 13.9 Å². The van der Waals surface area contributed by atoms with Crippen LogP contribution in [0.1, 0.15) is 12.1 Å². The molecule has 0 saturated carbocycles. The second-order valence-electron chi connectivity index (χ2n) is 8.02. The van der Waals surface area contributed by atoms with Crippen molar-refractivity contribution in [3.05, 3.63) is 91.1 Å². The van der Waals surface area contributed by atoms with Crippen LogP contribution in [-0.4, -0.2) is 36.6 Å². The molecule has 6 rings (SSSR count). The van der Waals surface area contributed by atoms with Crippen LogP contribution in [0.3, 0.4) is 0 Å². The Bertz CT molecular complexity index is 1650. The number of para-hydroxylation sites is 1. The molecule has 4 heterocycles. The van der Waals surface area contributed by atoms with Gasteiger partial charge in [-0.15, -0.1) is 0 Å². The van der Waals surface area contributed by atoms with E-state index in [0.29, 0.717) is 52.8 Å². The lowest BCUT2D eigenvalue weighted by molar-refractivity contribution is -0.0585. The molecule has 1 aliphatic rings. The molecule has 0 spiro atoms. The van der Waals surface area contributed by atoms with E-state index in [1.54, 1.807) is 79.0 Å². The van der Waals surface area contributed by atoms with Crippen molar-refractivity contribution in [1.82, 2.24) is 15.0 Å². The van der Waals surface area contributed by atoms with Gasteiger partial charge in [0.25, 0.3) is 0 Å². The smallest absolute Gasteiger partial charge is 0.217 e. The summed E-state index contributed by atoms with van der Waals surface area (Å²) >= 11 is 0. The lowest BCUT2D eigenvalue weighted by atomic mass is 10.2. The van der Waals surface area contributed by atoms with Crippen LogP contribution < -0.4 is 5.32 Å². The van der Waals surface area contributed by atoms with Gasteiger partial charge in [-0.05, 0) is 42.5 Å². The number of fused-ring (bicyclic) bond motifs is 1. The van der Waals surface area contributed by atoms with Gasteiger partial charge >= 0.3 is 0 Å². The molecular formula is C26H20N4O5S. The van der Waals surface area contributed by atoms with Crippen molar-refractivity contribution < 1.29 is 22.3 Å². The molecule has 0 atom stereocenters. The van der Waals surface area contributed by atoms with Crippen LogP contribution in [0.25, 0.3) is 22.4 Å². The van der Waals surface area contributed by atoms with E-state index in [2.05, 4.69) is 20.3 Å². The normalized spacial score (nSPS) is 14.3. The third-order valence-electron chi connectivity index (χ3n) is 5.74. The molecular weight excluding hydrogens is 480 g/mol. The van der Waals surface area contributed by atoms with Gasteiger partial charge in [0.15, 0.2) is 11.5 Å². The highest BCUT2D eigenvalue weighted by atomic mass is 32.2. The molecule has 10 heteroatoms. The van der Waals surface area contributed by atoms with Gasteiger partial charge < -0.3 is 19.2 Å². The molecule has 0 radical (unpaired) electrons. The first-order chi connectivity index (χ1) is 17.6. The van der Waals surface area contributed by atoms with E-state index in [1.165, 1.54) is 6.33 Å². The number of pyridine rings is 1. The monoisotopic (exact) mass is 500 g/mol. The number of benzene rings is 2. The lowest BCUT2D eigenvalue weighted by Gasteiger charge is -2.13. The lowest BCUT2D eigenvalue weighted by Crippen LogP contribution is -2.06. The summed E-state index contributed by atoms with van der Waals surface area (Å²) in [4.78, 5) is 13.5. The second-order valence-corrected chi connectivity index (χ2v) is 9.94. The first kappa shape index (κ1) is 22.4. The molecule has 180 valence electrons. The second kappa shape index (κ2) is 9.15. The number of ether oxygens (including phenoxy) is 2. The predicted octanol–water partition coefficient (Wildman–Crippen LogP) is 4.91. The van der Waals surface area contributed by atoms with Crippen molar-refractivity contribution in [2.24, 2.45) is 0 Å². The molecule has 1 saturated heterocycles. The van der Waals surface area contributed by atoms with Crippen molar-refractivity contribution in [1.29, 1.82) is 0 Å². The fourth-order valence-corrected chi connectivity index (χ4v) is 5.43. The van der Waals surface area contributed by atoms with E-state index < -0.39 is 16.1 Å². The Labute approximate surface area is 206 Å². The van der Waals surface area contributed by atoms with E-state index in [0.717, 1.165) is 0 Å². The van der Waals surface area contributed by atoms with Gasteiger partial charge in [0.05, 0.1) is 40.4 Å². The molecule has 3 aromatic heterocycles. The molecule has 9 nitrogen and oxygen atoms in total. The van der Waals surface area contributed by atoms with Crippen molar-refractivity contribution >= 4 is 32.2 Å². The number of hydrogen-bond acceptors (Lipinski definition) is 9. The van der Waals surface area contributed by atoms with Crippen LogP contribution in [0.2, 0.25) is 0 Å². The van der Waals surface area contributed by atoms with E-state index in [-0.39, 0.29) is 9.79 Å². The molecule has 36 heavy (non-hydrogen) atoms. The highest BCUT2D eigenvalue weighted by Gasteiger charge is 2.23. The zero-order valence-electron chi connectivity index (χ0n) is 18.9. The molecule has 1 fully saturated rings. The van der Waals surface area contributed by atoms with E-state index >= 15 is 0 Å². The van der Waals surface area contributed by atoms with Crippen LogP contribution in [0, 0.1) is 0 Å². The van der Waals surface area contributed by atoms with Gasteiger partial charge in [0.1, 0.15) is 17.8 Å². The Morgan fingerprint density at radius 3 is 2.47 bits per heavy atom. The molecule has 0 aliphatic carbocycles. The molecule has 0 unspecified atom stereocenters. The van der Waals surface area contributed by atoms with Gasteiger partial charge in [-0.3, -0.25) is 4.98 Å². The van der Waals surface area contributed by atoms with Crippen LogP contribution in [0.4, 0.5) is 11.5 Å². The molecule has 1 N–H and O–H groups in total. The summed E-state index contributed by atoms with van der Waals surface area (Å²) in [5.74, 6) is 1.54. The van der Waals surface area contributed by atoms with Gasteiger partial charge in [0, 0.05) is 5.39 Å². The summed E-state index contributed by atoms with van der Waals surface area (Å²) in [6.45, 7) is 1.03. The third-order valence-corrected chi connectivity index (χ3v) is 7.57. The summed E-state index contributed by atoms with van der Waals surface area (Å²) in [7, 11) is -3.76. The Morgan fingerprint density at radius 1 is 0.861 bits per heavy atom. The standard InChI is InChI=1S/C26H20N4O5S/c31-36(32,17-6-2-1-3-7-17)24-9-5-4-8-19(24)30-25-18-14-20(27-15-21(18)28-16-29-25)22-10-11-23(35-22)26-33-12-13-34-26/h1-11,14-16,26H,12-13H2,(H,28,29,30). The summed E-state index contributed by atoms with van der Waals surface area (Å²) < 4.78 is 43.6. The maximum absolute atomic E-state index is 13.3. The van der Waals surface area contributed by atoms with Gasteiger partial charge in [-0.1, -0.05) is 30.3 Å². The van der Waals surface area contributed by atoms with Crippen LogP contribution in [0.15, 0.2) is 99.5 Å². The quantitative estimate of drug-likeness (QED) is 0.347. The van der Waals surface area contributed by atoms with Gasteiger partial charge in [-0.2, -0.15) is 0 Å². The summed E-state index contributed by atoms with van der Waals surface area (Å²) in [5.41, 5.74) is 1.55. The van der Waals surface area contributed by atoms with Crippen LogP contribution in [0.5, 0.6) is 0 Å². The number of hydrogen-bond donors (Lipinski definition) is 1. The fourth-order valence-electron chi connectivity index (χ4n) is 3.99. The zero-order valence-corrected chi connectivity index (χ0v) is 19.7. The highest BCUT2D eigenvalue weighted by molar-refractivity contribution is 7.91. The number of anilines is 2. The predicted molar refractivity (Wildman–Crippen MR) is 131 cm³/mol. The number of sulfone groups is 1. The minimum atomic E-state index is -3.76. The Kier molecular flexibility index (Phi) is 5.68. The minimum Gasteiger partial charge on any atom is -0.454 e. The fraction of sp³-hybridized carbons (Fsp3) is 0.115. The number of nitrogens with one attached hydrogen (secondary N) is 1. The number of aromatic nitrogens is 3. The zero-order chi connectivity index (χ0) is 24.5. The molecule has 1 aliphatic heterocycles.